The van der Waals surface area contributed by atoms with Gasteiger partial charge in [0, 0.05) is 24.5 Å². The van der Waals surface area contributed by atoms with Gasteiger partial charge in [0.25, 0.3) is 0 Å². The molecular weight excluding hydrogens is 354 g/mol. The van der Waals surface area contributed by atoms with Gasteiger partial charge in [0.05, 0.1) is 23.9 Å². The fourth-order valence-electron chi connectivity index (χ4n) is 3.85. The van der Waals surface area contributed by atoms with Crippen molar-refractivity contribution in [3.63, 3.8) is 0 Å². The third-order valence-electron chi connectivity index (χ3n) is 5.78. The minimum Gasteiger partial charge on any atom is -0.487 e. The molecule has 146 valence electrons. The topological polar surface area (TPSA) is 76.2 Å². The predicted molar refractivity (Wildman–Crippen MR) is 108 cm³/mol. The second-order valence-corrected chi connectivity index (χ2v) is 7.81. The summed E-state index contributed by atoms with van der Waals surface area (Å²) in [6, 6.07) is 8.12. The van der Waals surface area contributed by atoms with Crippen LogP contribution in [-0.4, -0.2) is 51.6 Å². The van der Waals surface area contributed by atoms with E-state index in [1.54, 1.807) is 6.33 Å². The number of morpholine rings is 1. The molecule has 0 bridgehead atoms. The smallest absolute Gasteiger partial charge is 0.132 e. The van der Waals surface area contributed by atoms with Crippen LogP contribution < -0.4 is 9.64 Å². The summed E-state index contributed by atoms with van der Waals surface area (Å²) in [4.78, 5) is 11.2. The van der Waals surface area contributed by atoms with Crippen LogP contribution in [0.5, 0.6) is 5.75 Å². The molecule has 1 aromatic carbocycles. The van der Waals surface area contributed by atoms with Gasteiger partial charge in [0.2, 0.25) is 0 Å². The molecule has 7 nitrogen and oxygen atoms in total. The highest BCUT2D eigenvalue weighted by atomic mass is 16.5. The first-order chi connectivity index (χ1) is 13.7. The predicted octanol–water partition coefficient (Wildman–Crippen LogP) is 3.57. The number of aromatic nitrogens is 4. The monoisotopic (exact) mass is 379 g/mol. The first-order valence-corrected chi connectivity index (χ1v) is 10.0. The van der Waals surface area contributed by atoms with E-state index >= 15 is 0 Å². The van der Waals surface area contributed by atoms with E-state index in [1.165, 1.54) is 0 Å². The van der Waals surface area contributed by atoms with Gasteiger partial charge < -0.3 is 14.4 Å². The summed E-state index contributed by atoms with van der Waals surface area (Å²) in [7, 11) is 0. The van der Waals surface area contributed by atoms with Crippen molar-refractivity contribution in [1.82, 2.24) is 20.2 Å². The molecular formula is C21H25N5O2. The minimum atomic E-state index is 0.0344. The third-order valence-corrected chi connectivity index (χ3v) is 5.78. The quantitative estimate of drug-likeness (QED) is 0.730. The van der Waals surface area contributed by atoms with E-state index in [0.717, 1.165) is 66.2 Å². The number of hydrogen-bond donors (Lipinski definition) is 1. The standard InChI is InChI=1S/C21H25N5O2/c1-3-21(6-7-21)28-15-4-5-17-16(10-15)20(25-24-17)18-11-19(23-13-22-18)26-8-9-27-14(2)12-26/h4-5,10-11,13-14H,3,6-9,12H2,1-2H3,(H,24,25)/t14-/m1/s1. The second-order valence-electron chi connectivity index (χ2n) is 7.81. The van der Waals surface area contributed by atoms with Crippen LogP contribution in [-0.2, 0) is 4.74 Å². The zero-order valence-electron chi connectivity index (χ0n) is 16.3. The van der Waals surface area contributed by atoms with E-state index in [-0.39, 0.29) is 11.7 Å². The molecule has 1 saturated heterocycles. The van der Waals surface area contributed by atoms with Crippen LogP contribution in [0.25, 0.3) is 22.3 Å². The highest BCUT2D eigenvalue weighted by Crippen LogP contribution is 2.43. The number of aromatic amines is 1. The molecule has 0 amide bonds. The maximum atomic E-state index is 6.26. The van der Waals surface area contributed by atoms with Crippen LogP contribution >= 0.6 is 0 Å². The number of hydrogen-bond acceptors (Lipinski definition) is 6. The lowest BCUT2D eigenvalue weighted by molar-refractivity contribution is 0.0529. The largest absolute Gasteiger partial charge is 0.487 e. The van der Waals surface area contributed by atoms with E-state index in [9.17, 15) is 0 Å². The Morgan fingerprint density at radius 3 is 2.96 bits per heavy atom. The first kappa shape index (κ1) is 17.4. The second kappa shape index (κ2) is 6.74. The molecule has 2 fully saturated rings. The molecule has 1 aliphatic carbocycles. The molecule has 2 aliphatic rings. The van der Waals surface area contributed by atoms with Crippen molar-refractivity contribution < 1.29 is 9.47 Å². The van der Waals surface area contributed by atoms with Gasteiger partial charge in [-0.15, -0.1) is 0 Å². The molecule has 5 rings (SSSR count). The molecule has 0 unspecified atom stereocenters. The van der Waals surface area contributed by atoms with Crippen molar-refractivity contribution in [3.05, 3.63) is 30.6 Å². The number of anilines is 1. The van der Waals surface area contributed by atoms with Crippen LogP contribution in [0.3, 0.4) is 0 Å². The fourth-order valence-corrected chi connectivity index (χ4v) is 3.85. The maximum Gasteiger partial charge on any atom is 0.132 e. The van der Waals surface area contributed by atoms with Gasteiger partial charge >= 0.3 is 0 Å². The maximum absolute atomic E-state index is 6.26. The lowest BCUT2D eigenvalue weighted by atomic mass is 10.1. The Balaban J connectivity index is 1.48. The van der Waals surface area contributed by atoms with Gasteiger partial charge in [-0.2, -0.15) is 5.10 Å². The molecule has 3 aromatic rings. The lowest BCUT2D eigenvalue weighted by Gasteiger charge is -2.31. The number of nitrogens with one attached hydrogen (secondary N) is 1. The summed E-state index contributed by atoms with van der Waals surface area (Å²) >= 11 is 0. The van der Waals surface area contributed by atoms with Gasteiger partial charge in [-0.05, 0) is 44.4 Å². The molecule has 1 N–H and O–H groups in total. The zero-order chi connectivity index (χ0) is 19.1. The number of fused-ring (bicyclic) bond motifs is 1. The van der Waals surface area contributed by atoms with Crippen LogP contribution in [0.15, 0.2) is 30.6 Å². The summed E-state index contributed by atoms with van der Waals surface area (Å²) < 4.78 is 11.9. The highest BCUT2D eigenvalue weighted by Gasteiger charge is 2.43. The van der Waals surface area contributed by atoms with Gasteiger partial charge in [0.1, 0.15) is 29.2 Å². The zero-order valence-corrected chi connectivity index (χ0v) is 16.3. The number of nitrogens with zero attached hydrogens (tertiary/aromatic N) is 4. The lowest BCUT2D eigenvalue weighted by Crippen LogP contribution is -2.41. The fraction of sp³-hybridized carbons (Fsp3) is 0.476. The minimum absolute atomic E-state index is 0.0344. The molecule has 3 heterocycles. The Morgan fingerprint density at radius 1 is 1.29 bits per heavy atom. The van der Waals surface area contributed by atoms with Crippen molar-refractivity contribution in [2.75, 3.05) is 24.6 Å². The summed E-state index contributed by atoms with van der Waals surface area (Å²) in [6.45, 7) is 6.64. The molecule has 2 aromatic heterocycles. The number of H-pyrrole nitrogens is 1. The van der Waals surface area contributed by atoms with Crippen LogP contribution in [0.4, 0.5) is 5.82 Å². The van der Waals surface area contributed by atoms with Gasteiger partial charge in [-0.3, -0.25) is 5.10 Å². The van der Waals surface area contributed by atoms with Crippen molar-refractivity contribution in [1.29, 1.82) is 0 Å². The van der Waals surface area contributed by atoms with Crippen LogP contribution in [0, 0.1) is 0 Å². The molecule has 0 spiro atoms. The Morgan fingerprint density at radius 2 is 2.18 bits per heavy atom. The molecule has 1 atom stereocenters. The average molecular weight is 379 g/mol. The van der Waals surface area contributed by atoms with Gasteiger partial charge in [0.15, 0.2) is 0 Å². The van der Waals surface area contributed by atoms with Crippen LogP contribution in [0.2, 0.25) is 0 Å². The number of ether oxygens (including phenoxy) is 2. The van der Waals surface area contributed by atoms with E-state index < -0.39 is 0 Å². The highest BCUT2D eigenvalue weighted by molar-refractivity contribution is 5.93. The van der Waals surface area contributed by atoms with Crippen molar-refractivity contribution >= 4 is 16.7 Å². The number of rotatable bonds is 5. The van der Waals surface area contributed by atoms with E-state index in [0.29, 0.717) is 6.61 Å². The molecule has 7 heteroatoms. The molecule has 0 radical (unpaired) electrons. The molecule has 1 aliphatic heterocycles. The summed E-state index contributed by atoms with van der Waals surface area (Å²) in [5.41, 5.74) is 2.65. The van der Waals surface area contributed by atoms with Gasteiger partial charge in [-0.25, -0.2) is 9.97 Å². The van der Waals surface area contributed by atoms with E-state index in [1.807, 2.05) is 18.2 Å². The van der Waals surface area contributed by atoms with Crippen molar-refractivity contribution in [2.24, 2.45) is 0 Å². The Kier molecular flexibility index (Phi) is 4.19. The Labute approximate surface area is 164 Å². The van der Waals surface area contributed by atoms with Gasteiger partial charge in [-0.1, -0.05) is 6.92 Å². The normalized spacial score (nSPS) is 21.1. The van der Waals surface area contributed by atoms with Crippen LogP contribution in [0.1, 0.15) is 33.1 Å². The molecule has 1 saturated carbocycles. The Hall–Kier alpha value is -2.67. The van der Waals surface area contributed by atoms with E-state index in [4.69, 9.17) is 9.47 Å². The van der Waals surface area contributed by atoms with E-state index in [2.05, 4.69) is 45.0 Å². The number of benzene rings is 1. The third kappa shape index (κ3) is 3.20. The summed E-state index contributed by atoms with van der Waals surface area (Å²) in [6.07, 6.45) is 5.12. The van der Waals surface area contributed by atoms with Crippen molar-refractivity contribution in [3.8, 4) is 17.1 Å². The summed E-state index contributed by atoms with van der Waals surface area (Å²) in [5.74, 6) is 1.80. The Bertz CT molecular complexity index is 997. The first-order valence-electron chi connectivity index (χ1n) is 10.0. The summed E-state index contributed by atoms with van der Waals surface area (Å²) in [5, 5.41) is 8.66. The van der Waals surface area contributed by atoms with Crippen molar-refractivity contribution in [2.45, 2.75) is 44.8 Å². The average Bonchev–Trinajstić information content (AvgIpc) is 3.37. The SMILES string of the molecule is CCC1(Oc2ccc3[nH]nc(-c4cc(N5CCO[C@H](C)C5)ncn4)c3c2)CC1. The molecule has 28 heavy (non-hydrogen) atoms.